The van der Waals surface area contributed by atoms with Crippen LogP contribution in [0.2, 0.25) is 0 Å². The maximum Gasteiger partial charge on any atom is 0.325 e. The van der Waals surface area contributed by atoms with Crippen molar-refractivity contribution in [3.63, 3.8) is 0 Å². The maximum atomic E-state index is 12.5. The second-order valence-electron chi connectivity index (χ2n) is 6.72. The van der Waals surface area contributed by atoms with Gasteiger partial charge in [-0.15, -0.1) is 11.6 Å². The van der Waals surface area contributed by atoms with Gasteiger partial charge >= 0.3 is 5.97 Å². The highest BCUT2D eigenvalue weighted by Gasteiger charge is 2.11. The number of pyridine rings is 1. The van der Waals surface area contributed by atoms with Crippen molar-refractivity contribution in [1.29, 1.82) is 0 Å². The summed E-state index contributed by atoms with van der Waals surface area (Å²) in [5.41, 5.74) is 3.85. The van der Waals surface area contributed by atoms with Crippen LogP contribution in [-0.4, -0.2) is 47.4 Å². The summed E-state index contributed by atoms with van der Waals surface area (Å²) in [6.07, 6.45) is 6.75. The summed E-state index contributed by atoms with van der Waals surface area (Å²) in [7, 11) is 3.09. The van der Waals surface area contributed by atoms with Crippen LogP contribution in [0.1, 0.15) is 16.7 Å². The summed E-state index contributed by atoms with van der Waals surface area (Å²) in [5, 5.41) is 3.92. The Morgan fingerprint density at radius 2 is 2.10 bits per heavy atom. The van der Waals surface area contributed by atoms with Crippen molar-refractivity contribution in [2.45, 2.75) is 12.4 Å². The first-order valence-electron chi connectivity index (χ1n) is 9.35. The van der Waals surface area contributed by atoms with Gasteiger partial charge < -0.3 is 19.9 Å². The molecule has 0 saturated heterocycles. The highest BCUT2D eigenvalue weighted by Crippen LogP contribution is 2.24. The number of aromatic nitrogens is 2. The maximum absolute atomic E-state index is 12.5. The van der Waals surface area contributed by atoms with Crippen molar-refractivity contribution >= 4 is 46.3 Å². The van der Waals surface area contributed by atoms with Crippen LogP contribution in [0, 0.1) is 0 Å². The van der Waals surface area contributed by atoms with Crippen LogP contribution in [0.5, 0.6) is 0 Å². The fraction of sp³-hybridized carbons (Fsp3) is 0.227. The monoisotopic (exact) mass is 426 g/mol. The van der Waals surface area contributed by atoms with E-state index in [0.717, 1.165) is 27.6 Å². The average Bonchev–Trinajstić information content (AvgIpc) is 3.19. The number of carbonyl (C=O) groups excluding carboxylic acids is 2. The normalized spacial score (nSPS) is 11.0. The number of H-pyrrole nitrogens is 1. The van der Waals surface area contributed by atoms with E-state index in [4.69, 9.17) is 11.6 Å². The van der Waals surface area contributed by atoms with E-state index in [-0.39, 0.29) is 18.4 Å². The molecule has 1 aromatic carbocycles. The fourth-order valence-corrected chi connectivity index (χ4v) is 3.21. The molecule has 0 saturated carbocycles. The van der Waals surface area contributed by atoms with Gasteiger partial charge in [0.2, 0.25) is 5.91 Å². The number of amides is 1. The molecule has 2 aromatic heterocycles. The number of likely N-dealkylation sites (N-methyl/N-ethyl adjacent to an activating group) is 1. The largest absolute Gasteiger partial charge is 0.468 e. The van der Waals surface area contributed by atoms with Gasteiger partial charge in [-0.3, -0.25) is 9.59 Å². The molecule has 1 amide bonds. The van der Waals surface area contributed by atoms with Crippen LogP contribution in [0.15, 0.2) is 48.8 Å². The van der Waals surface area contributed by atoms with E-state index in [2.05, 4.69) is 20.0 Å². The van der Waals surface area contributed by atoms with Crippen molar-refractivity contribution in [2.24, 2.45) is 0 Å². The van der Waals surface area contributed by atoms with Gasteiger partial charge in [-0.25, -0.2) is 4.98 Å². The second kappa shape index (κ2) is 9.93. The Kier molecular flexibility index (Phi) is 7.08. The fourth-order valence-electron chi connectivity index (χ4n) is 2.99. The molecule has 156 valence electrons. The van der Waals surface area contributed by atoms with Gasteiger partial charge in [-0.1, -0.05) is 18.2 Å². The van der Waals surface area contributed by atoms with E-state index >= 15 is 0 Å². The third-order valence-corrected chi connectivity index (χ3v) is 4.95. The Morgan fingerprint density at radius 1 is 1.27 bits per heavy atom. The summed E-state index contributed by atoms with van der Waals surface area (Å²) < 4.78 is 4.57. The number of esters is 1. The van der Waals surface area contributed by atoms with Crippen LogP contribution < -0.4 is 5.32 Å². The smallest absolute Gasteiger partial charge is 0.325 e. The average molecular weight is 427 g/mol. The quantitative estimate of drug-likeness (QED) is 0.326. The summed E-state index contributed by atoms with van der Waals surface area (Å²) in [5.74, 6) is 0.491. The molecule has 8 heteroatoms. The minimum atomic E-state index is -0.372. The Balaban J connectivity index is 1.60. The van der Waals surface area contributed by atoms with E-state index in [1.165, 1.54) is 13.2 Å². The molecule has 3 rings (SSSR count). The molecule has 2 heterocycles. The van der Waals surface area contributed by atoms with Crippen LogP contribution in [0.3, 0.4) is 0 Å². The van der Waals surface area contributed by atoms with Crippen molar-refractivity contribution < 1.29 is 14.3 Å². The molecule has 0 radical (unpaired) electrons. The highest BCUT2D eigenvalue weighted by atomic mass is 35.5. The molecular weight excluding hydrogens is 404 g/mol. The number of methoxy groups -OCH3 is 1. The number of hydrogen-bond acceptors (Lipinski definition) is 5. The van der Waals surface area contributed by atoms with Crippen molar-refractivity contribution in [1.82, 2.24) is 14.9 Å². The van der Waals surface area contributed by atoms with Crippen molar-refractivity contribution in [3.05, 3.63) is 65.5 Å². The Morgan fingerprint density at radius 3 is 2.80 bits per heavy atom. The van der Waals surface area contributed by atoms with Crippen LogP contribution >= 0.6 is 11.6 Å². The molecule has 0 aliphatic heterocycles. The molecule has 0 atom stereocenters. The number of fused-ring (bicyclic) bond motifs is 1. The van der Waals surface area contributed by atoms with Gasteiger partial charge in [-0.05, 0) is 34.9 Å². The van der Waals surface area contributed by atoms with Crippen LogP contribution in [0.4, 0.5) is 5.82 Å². The third-order valence-electron chi connectivity index (χ3n) is 4.66. The van der Waals surface area contributed by atoms with Crippen LogP contribution in [-0.2, 0) is 26.8 Å². The number of nitrogens with one attached hydrogen (secondary N) is 2. The second-order valence-corrected chi connectivity index (χ2v) is 6.99. The van der Waals surface area contributed by atoms with E-state index in [0.29, 0.717) is 18.2 Å². The van der Waals surface area contributed by atoms with Gasteiger partial charge in [0, 0.05) is 43.3 Å². The molecule has 0 fully saturated rings. The number of benzene rings is 1. The van der Waals surface area contributed by atoms with E-state index < -0.39 is 0 Å². The number of ether oxygens (including phenoxy) is 1. The van der Waals surface area contributed by atoms with Gasteiger partial charge in [0.05, 0.1) is 12.6 Å². The van der Waals surface area contributed by atoms with Gasteiger partial charge in [0.25, 0.3) is 0 Å². The summed E-state index contributed by atoms with van der Waals surface area (Å²) in [6.45, 7) is 0.520. The zero-order valence-corrected chi connectivity index (χ0v) is 17.6. The molecule has 0 aliphatic rings. The zero-order valence-electron chi connectivity index (χ0n) is 16.8. The molecule has 3 aromatic rings. The predicted molar refractivity (Wildman–Crippen MR) is 118 cm³/mol. The molecular formula is C22H23ClN4O3. The SMILES string of the molecule is COC(=O)CNc1ccc(/C=C/C(=O)N(C)Cc2c[nH]c3c(CCl)cccc23)cn1. The Bertz CT molecular complexity index is 1060. The third kappa shape index (κ3) is 5.18. The van der Waals surface area contributed by atoms with E-state index in [1.807, 2.05) is 30.5 Å². The van der Waals surface area contributed by atoms with Crippen molar-refractivity contribution in [2.75, 3.05) is 26.0 Å². The molecule has 0 bridgehead atoms. The molecule has 0 aliphatic carbocycles. The number of halogens is 1. The lowest BCUT2D eigenvalue weighted by Gasteiger charge is -2.14. The highest BCUT2D eigenvalue weighted by molar-refractivity contribution is 6.18. The Hall–Kier alpha value is -3.32. The van der Waals surface area contributed by atoms with E-state index in [9.17, 15) is 9.59 Å². The minimum Gasteiger partial charge on any atom is -0.468 e. The molecule has 2 N–H and O–H groups in total. The van der Waals surface area contributed by atoms with Gasteiger partial charge in [0.15, 0.2) is 0 Å². The van der Waals surface area contributed by atoms with Gasteiger partial charge in [-0.2, -0.15) is 0 Å². The lowest BCUT2D eigenvalue weighted by atomic mass is 10.1. The topological polar surface area (TPSA) is 87.3 Å². The number of nitrogens with zero attached hydrogens (tertiary/aromatic N) is 2. The molecule has 0 spiro atoms. The molecule has 30 heavy (non-hydrogen) atoms. The number of para-hydroxylation sites is 1. The number of rotatable bonds is 8. The molecule has 0 unspecified atom stereocenters. The van der Waals surface area contributed by atoms with E-state index in [1.54, 1.807) is 30.3 Å². The van der Waals surface area contributed by atoms with Crippen molar-refractivity contribution in [3.8, 4) is 0 Å². The zero-order chi connectivity index (χ0) is 21.5. The number of carbonyl (C=O) groups is 2. The number of alkyl halides is 1. The minimum absolute atomic E-state index is 0.0438. The Labute approximate surface area is 179 Å². The van der Waals surface area contributed by atoms with Gasteiger partial charge in [0.1, 0.15) is 12.4 Å². The lowest BCUT2D eigenvalue weighted by Crippen LogP contribution is -2.23. The number of hydrogen-bond donors (Lipinski definition) is 2. The summed E-state index contributed by atoms with van der Waals surface area (Å²) in [4.78, 5) is 32.7. The number of anilines is 1. The first kappa shape index (κ1) is 21.4. The standard InChI is InChI=1S/C22H23ClN4O3/c1-27(14-17-12-26-22-16(10-23)4-3-5-18(17)22)20(28)9-7-15-6-8-19(24-11-15)25-13-21(29)30-2/h3-9,11-12,26H,10,13-14H2,1-2H3,(H,24,25)/b9-7+. The summed E-state index contributed by atoms with van der Waals surface area (Å²) in [6, 6.07) is 9.51. The predicted octanol–water partition coefficient (Wildman–Crippen LogP) is 3.56. The van der Waals surface area contributed by atoms with Crippen LogP contribution in [0.25, 0.3) is 17.0 Å². The first-order valence-corrected chi connectivity index (χ1v) is 9.89. The summed E-state index contributed by atoms with van der Waals surface area (Å²) >= 11 is 6.00. The molecule has 7 nitrogen and oxygen atoms in total. The lowest BCUT2D eigenvalue weighted by molar-refractivity contribution is -0.138. The number of aromatic amines is 1. The first-order chi connectivity index (χ1) is 14.5.